The number of carbonyl (C=O) groups excluding carboxylic acids is 1. The van der Waals surface area contributed by atoms with E-state index in [1.807, 2.05) is 12.1 Å². The zero-order valence-electron chi connectivity index (χ0n) is 12.2. The van der Waals surface area contributed by atoms with E-state index in [-0.39, 0.29) is 12.5 Å². The van der Waals surface area contributed by atoms with Crippen LogP contribution in [0.2, 0.25) is 5.02 Å². The molecule has 0 bridgehead atoms. The predicted octanol–water partition coefficient (Wildman–Crippen LogP) is 1.24. The Labute approximate surface area is 130 Å². The van der Waals surface area contributed by atoms with Gasteiger partial charge in [-0.25, -0.2) is 0 Å². The van der Waals surface area contributed by atoms with E-state index in [9.17, 15) is 4.79 Å². The number of halogens is 1. The van der Waals surface area contributed by atoms with Crippen molar-refractivity contribution in [2.75, 3.05) is 39.3 Å². The summed E-state index contributed by atoms with van der Waals surface area (Å²) in [4.78, 5) is 16.3. The molecule has 1 heterocycles. The molecule has 0 aromatic heterocycles. The summed E-state index contributed by atoms with van der Waals surface area (Å²) in [7, 11) is 0. The minimum Gasteiger partial charge on any atom is -0.479 e. The molecule has 0 aliphatic carbocycles. The third-order valence-corrected chi connectivity index (χ3v) is 3.90. The Morgan fingerprint density at radius 1 is 1.33 bits per heavy atom. The van der Waals surface area contributed by atoms with Gasteiger partial charge in [-0.15, -0.1) is 0 Å². The van der Waals surface area contributed by atoms with Gasteiger partial charge in [-0.3, -0.25) is 9.69 Å². The van der Waals surface area contributed by atoms with Crippen molar-refractivity contribution in [2.24, 2.45) is 0 Å². The number of ether oxygens (including phenoxy) is 1. The van der Waals surface area contributed by atoms with Crippen molar-refractivity contribution in [3.63, 3.8) is 0 Å². The van der Waals surface area contributed by atoms with Gasteiger partial charge < -0.3 is 14.7 Å². The number of piperazine rings is 1. The zero-order chi connectivity index (χ0) is 15.2. The number of benzene rings is 1. The highest BCUT2D eigenvalue weighted by Gasteiger charge is 2.26. The van der Waals surface area contributed by atoms with E-state index >= 15 is 0 Å². The molecule has 1 unspecified atom stereocenters. The van der Waals surface area contributed by atoms with Gasteiger partial charge in [0.2, 0.25) is 0 Å². The molecule has 1 aliphatic rings. The largest absolute Gasteiger partial charge is 0.479 e. The van der Waals surface area contributed by atoms with Crippen LogP contribution in [-0.4, -0.2) is 66.2 Å². The highest BCUT2D eigenvalue weighted by atomic mass is 35.5. The summed E-state index contributed by atoms with van der Waals surface area (Å²) < 4.78 is 5.66. The number of carbonyl (C=O) groups is 1. The number of β-amino-alcohol motifs (C(OH)–C–C–N with tert-alkyl or cyclic N) is 1. The maximum absolute atomic E-state index is 12.4. The smallest absolute Gasteiger partial charge is 0.263 e. The second-order valence-electron chi connectivity index (χ2n) is 5.08. The summed E-state index contributed by atoms with van der Waals surface area (Å²) in [5, 5.41) is 9.42. The van der Waals surface area contributed by atoms with Crippen LogP contribution in [0.15, 0.2) is 24.3 Å². The summed E-state index contributed by atoms with van der Waals surface area (Å²) in [6.45, 7) is 5.44. The van der Waals surface area contributed by atoms with Gasteiger partial charge in [-0.2, -0.15) is 0 Å². The fourth-order valence-electron chi connectivity index (χ4n) is 2.37. The fraction of sp³-hybridized carbons (Fsp3) is 0.533. The molecule has 1 aromatic rings. The van der Waals surface area contributed by atoms with E-state index < -0.39 is 6.10 Å². The van der Waals surface area contributed by atoms with Gasteiger partial charge in [-0.1, -0.05) is 23.7 Å². The summed E-state index contributed by atoms with van der Waals surface area (Å²) in [5.74, 6) is 0.498. The van der Waals surface area contributed by atoms with Crippen LogP contribution in [0.5, 0.6) is 5.75 Å². The van der Waals surface area contributed by atoms with Gasteiger partial charge in [0.25, 0.3) is 5.91 Å². The number of aliphatic hydroxyl groups excluding tert-OH is 1. The lowest BCUT2D eigenvalue weighted by atomic mass is 10.2. The van der Waals surface area contributed by atoms with Crippen molar-refractivity contribution in [3.05, 3.63) is 29.3 Å². The van der Waals surface area contributed by atoms with Crippen LogP contribution in [0, 0.1) is 0 Å². The van der Waals surface area contributed by atoms with E-state index in [0.29, 0.717) is 30.4 Å². The minimum atomic E-state index is -0.561. The second-order valence-corrected chi connectivity index (χ2v) is 5.49. The molecule has 1 saturated heterocycles. The predicted molar refractivity (Wildman–Crippen MR) is 81.6 cm³/mol. The Hall–Kier alpha value is -1.30. The zero-order valence-corrected chi connectivity index (χ0v) is 12.9. The van der Waals surface area contributed by atoms with Crippen molar-refractivity contribution in [3.8, 4) is 5.75 Å². The van der Waals surface area contributed by atoms with Gasteiger partial charge in [0.05, 0.1) is 11.6 Å². The van der Waals surface area contributed by atoms with Crippen LogP contribution in [0.25, 0.3) is 0 Å². The van der Waals surface area contributed by atoms with Gasteiger partial charge in [0.1, 0.15) is 5.75 Å². The standard InChI is InChI=1S/C15H21ClN2O3/c1-12(21-14-5-3-2-4-13(14)16)15(20)18-8-6-17(7-9-18)10-11-19/h2-5,12,19H,6-11H2,1H3. The van der Waals surface area contributed by atoms with Crippen LogP contribution in [-0.2, 0) is 4.79 Å². The quantitative estimate of drug-likeness (QED) is 0.889. The number of rotatable bonds is 5. The Morgan fingerprint density at radius 2 is 2.00 bits per heavy atom. The first-order valence-electron chi connectivity index (χ1n) is 7.15. The molecule has 1 N–H and O–H groups in total. The monoisotopic (exact) mass is 312 g/mol. The SMILES string of the molecule is CC(Oc1ccccc1Cl)C(=O)N1CCN(CCO)CC1. The normalized spacial score (nSPS) is 17.6. The molecule has 1 atom stereocenters. The van der Waals surface area contributed by atoms with Crippen molar-refractivity contribution < 1.29 is 14.6 Å². The lowest BCUT2D eigenvalue weighted by Gasteiger charge is -2.35. The molecule has 1 amide bonds. The highest BCUT2D eigenvalue weighted by molar-refractivity contribution is 6.32. The van der Waals surface area contributed by atoms with E-state index in [0.717, 1.165) is 13.1 Å². The molecule has 116 valence electrons. The average Bonchev–Trinajstić information content (AvgIpc) is 2.50. The van der Waals surface area contributed by atoms with Crippen LogP contribution in [0.4, 0.5) is 0 Å². The molecular formula is C15H21ClN2O3. The summed E-state index contributed by atoms with van der Waals surface area (Å²) >= 11 is 6.03. The van der Waals surface area contributed by atoms with Gasteiger partial charge in [0.15, 0.2) is 6.10 Å². The Kier molecular flexibility index (Phi) is 5.85. The Morgan fingerprint density at radius 3 is 2.62 bits per heavy atom. The van der Waals surface area contributed by atoms with E-state index in [4.69, 9.17) is 21.4 Å². The molecule has 1 fully saturated rings. The van der Waals surface area contributed by atoms with Gasteiger partial charge in [0, 0.05) is 32.7 Å². The molecule has 1 aromatic carbocycles. The van der Waals surface area contributed by atoms with Gasteiger partial charge in [-0.05, 0) is 19.1 Å². The van der Waals surface area contributed by atoms with Crippen LogP contribution >= 0.6 is 11.6 Å². The second kappa shape index (κ2) is 7.64. The van der Waals surface area contributed by atoms with Crippen LogP contribution in [0.1, 0.15) is 6.92 Å². The van der Waals surface area contributed by atoms with Crippen molar-refractivity contribution in [1.29, 1.82) is 0 Å². The Bertz CT molecular complexity index is 476. The first kappa shape index (κ1) is 16.1. The molecule has 0 radical (unpaired) electrons. The number of amides is 1. The molecule has 0 spiro atoms. The summed E-state index contributed by atoms with van der Waals surface area (Å²) in [5.41, 5.74) is 0. The summed E-state index contributed by atoms with van der Waals surface area (Å²) in [6.07, 6.45) is -0.561. The third kappa shape index (κ3) is 4.33. The number of hydrogen-bond donors (Lipinski definition) is 1. The van der Waals surface area contributed by atoms with Gasteiger partial charge >= 0.3 is 0 Å². The third-order valence-electron chi connectivity index (χ3n) is 3.59. The number of nitrogens with zero attached hydrogens (tertiary/aromatic N) is 2. The lowest BCUT2D eigenvalue weighted by Crippen LogP contribution is -2.52. The molecule has 2 rings (SSSR count). The molecule has 6 heteroatoms. The van der Waals surface area contributed by atoms with Crippen molar-refractivity contribution in [1.82, 2.24) is 9.80 Å². The molecule has 1 aliphatic heterocycles. The first-order valence-corrected chi connectivity index (χ1v) is 7.53. The van der Waals surface area contributed by atoms with Crippen molar-refractivity contribution >= 4 is 17.5 Å². The average molecular weight is 313 g/mol. The molecule has 0 saturated carbocycles. The maximum Gasteiger partial charge on any atom is 0.263 e. The summed E-state index contributed by atoms with van der Waals surface area (Å²) in [6, 6.07) is 7.14. The fourth-order valence-corrected chi connectivity index (χ4v) is 2.55. The van der Waals surface area contributed by atoms with E-state index in [1.54, 1.807) is 24.0 Å². The number of aliphatic hydroxyl groups is 1. The van der Waals surface area contributed by atoms with Crippen molar-refractivity contribution in [2.45, 2.75) is 13.0 Å². The first-order chi connectivity index (χ1) is 10.1. The topological polar surface area (TPSA) is 53.0 Å². The number of hydrogen-bond acceptors (Lipinski definition) is 4. The Balaban J connectivity index is 1.87. The molecule has 5 nitrogen and oxygen atoms in total. The highest BCUT2D eigenvalue weighted by Crippen LogP contribution is 2.24. The molecular weight excluding hydrogens is 292 g/mol. The van der Waals surface area contributed by atoms with E-state index in [1.165, 1.54) is 0 Å². The van der Waals surface area contributed by atoms with Crippen LogP contribution < -0.4 is 4.74 Å². The molecule has 21 heavy (non-hydrogen) atoms. The van der Waals surface area contributed by atoms with Crippen LogP contribution in [0.3, 0.4) is 0 Å². The van der Waals surface area contributed by atoms with E-state index in [2.05, 4.69) is 4.90 Å². The lowest BCUT2D eigenvalue weighted by molar-refractivity contribution is -0.139. The maximum atomic E-state index is 12.4. The number of para-hydroxylation sites is 1. The minimum absolute atomic E-state index is 0.0291.